The first-order valence-corrected chi connectivity index (χ1v) is 10.9. The molecule has 2 N–H and O–H groups in total. The molecule has 164 valence electrons. The van der Waals surface area contributed by atoms with Crippen molar-refractivity contribution >= 4 is 23.5 Å². The van der Waals surface area contributed by atoms with E-state index in [2.05, 4.69) is 27.6 Å². The molecule has 7 nitrogen and oxygen atoms in total. The number of hydrogen-bond donors (Lipinski definition) is 2. The molecule has 0 saturated carbocycles. The second-order valence-electron chi connectivity index (χ2n) is 6.91. The quantitative estimate of drug-likeness (QED) is 0.236. The zero-order valence-electron chi connectivity index (χ0n) is 17.7. The van der Waals surface area contributed by atoms with E-state index in [0.717, 1.165) is 17.7 Å². The number of unbranched alkanes of at least 4 members (excludes halogenated alkanes) is 6. The number of nitrogens with one attached hydrogen (secondary N) is 2. The second-order valence-corrected chi connectivity index (χ2v) is 7.28. The molecule has 0 saturated heterocycles. The van der Waals surface area contributed by atoms with Crippen LogP contribution in [0, 0.1) is 0 Å². The van der Waals surface area contributed by atoms with Crippen molar-refractivity contribution in [3.05, 3.63) is 45.3 Å². The van der Waals surface area contributed by atoms with E-state index in [1.165, 1.54) is 44.7 Å². The van der Waals surface area contributed by atoms with Crippen LogP contribution in [-0.2, 0) is 0 Å². The highest BCUT2D eigenvalue weighted by Crippen LogP contribution is 2.28. The fraction of sp³-hybridized carbons (Fsp3) is 0.500. The summed E-state index contributed by atoms with van der Waals surface area (Å²) in [7, 11) is 0. The molecule has 0 atom stereocenters. The molecule has 0 amide bonds. The van der Waals surface area contributed by atoms with Gasteiger partial charge in [0.1, 0.15) is 10.7 Å². The first-order valence-electron chi connectivity index (χ1n) is 10.6. The third-order valence-corrected chi connectivity index (χ3v) is 4.84. The number of nitrogens with zero attached hydrogens (tertiary/aromatic N) is 2. The number of anilines is 1. The van der Waals surface area contributed by atoms with Crippen molar-refractivity contribution < 1.29 is 9.47 Å². The van der Waals surface area contributed by atoms with Crippen molar-refractivity contribution in [2.45, 2.75) is 58.8 Å². The number of aromatic amines is 1. The summed E-state index contributed by atoms with van der Waals surface area (Å²) in [5.41, 5.74) is 3.40. The van der Waals surface area contributed by atoms with Gasteiger partial charge in [0.05, 0.1) is 25.6 Å². The van der Waals surface area contributed by atoms with Gasteiger partial charge in [0.25, 0.3) is 5.56 Å². The maximum Gasteiger partial charge on any atom is 0.285 e. The number of H-pyrrole nitrogens is 1. The summed E-state index contributed by atoms with van der Waals surface area (Å²) in [6.07, 6.45) is 11.7. The predicted molar refractivity (Wildman–Crippen MR) is 122 cm³/mol. The minimum absolute atomic E-state index is 0.00580. The van der Waals surface area contributed by atoms with Crippen LogP contribution in [0.2, 0.25) is 5.02 Å². The Balaban J connectivity index is 1.87. The number of benzene rings is 1. The molecule has 0 aliphatic carbocycles. The Bertz CT molecular complexity index is 855. The van der Waals surface area contributed by atoms with Gasteiger partial charge in [-0.05, 0) is 37.1 Å². The van der Waals surface area contributed by atoms with E-state index in [1.54, 1.807) is 6.21 Å². The van der Waals surface area contributed by atoms with Gasteiger partial charge in [-0.15, -0.1) is 0 Å². The smallest absolute Gasteiger partial charge is 0.285 e. The summed E-state index contributed by atoms with van der Waals surface area (Å²) in [5, 5.41) is 10.1. The zero-order chi connectivity index (χ0) is 21.6. The molecule has 30 heavy (non-hydrogen) atoms. The van der Waals surface area contributed by atoms with Gasteiger partial charge >= 0.3 is 0 Å². The van der Waals surface area contributed by atoms with Crippen LogP contribution in [0.1, 0.15) is 64.4 Å². The van der Waals surface area contributed by atoms with Crippen LogP contribution in [0.25, 0.3) is 0 Å². The molecule has 0 unspecified atom stereocenters. The minimum Gasteiger partial charge on any atom is -0.490 e. The van der Waals surface area contributed by atoms with Crippen molar-refractivity contribution in [2.24, 2.45) is 5.10 Å². The average Bonchev–Trinajstić information content (AvgIpc) is 2.74. The number of rotatable bonds is 14. The molecular formula is C22H31ClN4O3. The third-order valence-electron chi connectivity index (χ3n) is 4.47. The average molecular weight is 435 g/mol. The lowest BCUT2D eigenvalue weighted by Gasteiger charge is -2.12. The molecule has 0 aliphatic rings. The number of hydrazone groups is 1. The first-order chi connectivity index (χ1) is 14.7. The molecule has 2 rings (SSSR count). The Morgan fingerprint density at radius 1 is 1.10 bits per heavy atom. The molecule has 0 radical (unpaired) electrons. The number of hydrogen-bond acceptors (Lipinski definition) is 6. The summed E-state index contributed by atoms with van der Waals surface area (Å²) in [6.45, 7) is 5.39. The van der Waals surface area contributed by atoms with Crippen molar-refractivity contribution in [2.75, 3.05) is 18.6 Å². The normalized spacial score (nSPS) is 11.0. The Morgan fingerprint density at radius 2 is 1.87 bits per heavy atom. The Kier molecular flexibility index (Phi) is 10.8. The molecule has 0 aliphatic heterocycles. The van der Waals surface area contributed by atoms with Gasteiger partial charge in [-0.1, -0.05) is 57.0 Å². The van der Waals surface area contributed by atoms with Crippen molar-refractivity contribution in [1.82, 2.24) is 10.2 Å². The van der Waals surface area contributed by atoms with Crippen molar-refractivity contribution in [3.63, 3.8) is 0 Å². The lowest BCUT2D eigenvalue weighted by molar-refractivity contribution is 0.270. The SMILES string of the molecule is CCCCCCCCCOc1ccc(/C=N\Nc2cn[nH]c(=O)c2Cl)cc1OCC. The van der Waals surface area contributed by atoms with Gasteiger partial charge in [-0.2, -0.15) is 10.2 Å². The first kappa shape index (κ1) is 23.7. The van der Waals surface area contributed by atoms with Gasteiger partial charge in [-0.3, -0.25) is 10.2 Å². The summed E-state index contributed by atoms with van der Waals surface area (Å²) >= 11 is 5.91. The fourth-order valence-corrected chi connectivity index (χ4v) is 3.00. The molecule has 8 heteroatoms. The van der Waals surface area contributed by atoms with Gasteiger partial charge < -0.3 is 9.47 Å². The number of aromatic nitrogens is 2. The monoisotopic (exact) mass is 434 g/mol. The molecular weight excluding hydrogens is 404 g/mol. The lowest BCUT2D eigenvalue weighted by atomic mass is 10.1. The third kappa shape index (κ3) is 8.06. The van der Waals surface area contributed by atoms with E-state index in [4.69, 9.17) is 21.1 Å². The largest absolute Gasteiger partial charge is 0.490 e. The Labute approximate surface area is 182 Å². The van der Waals surface area contributed by atoms with Crippen LogP contribution in [0.3, 0.4) is 0 Å². The molecule has 1 heterocycles. The predicted octanol–water partition coefficient (Wildman–Crippen LogP) is 5.40. The Morgan fingerprint density at radius 3 is 2.63 bits per heavy atom. The maximum absolute atomic E-state index is 11.4. The summed E-state index contributed by atoms with van der Waals surface area (Å²) < 4.78 is 11.6. The van der Waals surface area contributed by atoms with Gasteiger partial charge in [0, 0.05) is 0 Å². The number of ether oxygens (including phenoxy) is 2. The van der Waals surface area contributed by atoms with E-state index in [1.807, 2.05) is 25.1 Å². The maximum atomic E-state index is 11.4. The second kappa shape index (κ2) is 13.6. The van der Waals surface area contributed by atoms with E-state index in [9.17, 15) is 4.79 Å². The standard InChI is InChI=1S/C22H31ClN4O3/c1-3-5-6-7-8-9-10-13-30-19-12-11-17(14-20(19)29-4-2)15-24-26-18-16-25-27-22(28)21(18)23/h11-12,14-16H,3-10,13H2,1-2H3,(H2,26,27,28)/b24-15-. The molecule has 0 fully saturated rings. The highest BCUT2D eigenvalue weighted by atomic mass is 35.5. The zero-order valence-corrected chi connectivity index (χ0v) is 18.5. The number of halogens is 1. The molecule has 1 aromatic carbocycles. The van der Waals surface area contributed by atoms with E-state index >= 15 is 0 Å². The minimum atomic E-state index is -0.474. The summed E-state index contributed by atoms with van der Waals surface area (Å²) in [6, 6.07) is 5.65. The lowest BCUT2D eigenvalue weighted by Crippen LogP contribution is -2.10. The molecule has 1 aromatic heterocycles. The van der Waals surface area contributed by atoms with Crippen LogP contribution in [0.4, 0.5) is 5.69 Å². The molecule has 0 spiro atoms. The summed E-state index contributed by atoms with van der Waals surface area (Å²) in [5.74, 6) is 1.41. The highest BCUT2D eigenvalue weighted by Gasteiger charge is 2.07. The van der Waals surface area contributed by atoms with Gasteiger partial charge in [-0.25, -0.2) is 5.10 Å². The van der Waals surface area contributed by atoms with E-state index in [0.29, 0.717) is 24.7 Å². The topological polar surface area (TPSA) is 88.6 Å². The van der Waals surface area contributed by atoms with Crippen LogP contribution >= 0.6 is 11.6 Å². The van der Waals surface area contributed by atoms with E-state index < -0.39 is 5.56 Å². The molecule has 0 bridgehead atoms. The van der Waals surface area contributed by atoms with Crippen LogP contribution in [0.15, 0.2) is 34.3 Å². The van der Waals surface area contributed by atoms with Crippen molar-refractivity contribution in [3.8, 4) is 11.5 Å². The fourth-order valence-electron chi connectivity index (χ4n) is 2.87. The van der Waals surface area contributed by atoms with Crippen LogP contribution < -0.4 is 20.5 Å². The Hall–Kier alpha value is -2.54. The summed E-state index contributed by atoms with van der Waals surface area (Å²) in [4.78, 5) is 11.4. The van der Waals surface area contributed by atoms with Gasteiger partial charge in [0.2, 0.25) is 0 Å². The van der Waals surface area contributed by atoms with E-state index in [-0.39, 0.29) is 5.02 Å². The van der Waals surface area contributed by atoms with Crippen molar-refractivity contribution in [1.29, 1.82) is 0 Å². The van der Waals surface area contributed by atoms with Crippen LogP contribution in [-0.4, -0.2) is 29.6 Å². The highest BCUT2D eigenvalue weighted by molar-refractivity contribution is 6.32. The van der Waals surface area contributed by atoms with Gasteiger partial charge in [0.15, 0.2) is 11.5 Å². The molecule has 2 aromatic rings. The van der Waals surface area contributed by atoms with Crippen LogP contribution in [0.5, 0.6) is 11.5 Å².